The second-order valence-corrected chi connectivity index (χ2v) is 2.89. The minimum Gasteiger partial charge on any atom is -0.395 e. The van der Waals surface area contributed by atoms with Gasteiger partial charge in [-0.3, -0.25) is 4.79 Å². The Kier molecular flexibility index (Phi) is 6.26. The molecule has 0 spiro atoms. The Balaban J connectivity index is 4.15. The van der Waals surface area contributed by atoms with Crippen LogP contribution in [-0.4, -0.2) is 55.5 Å². The second-order valence-electron chi connectivity index (χ2n) is 2.89. The molecule has 0 aromatic rings. The van der Waals surface area contributed by atoms with Gasteiger partial charge in [-0.1, -0.05) is 0 Å². The lowest BCUT2D eigenvalue weighted by molar-refractivity contribution is -0.162. The number of halogens is 3. The van der Waals surface area contributed by atoms with Gasteiger partial charge in [0.05, 0.1) is 13.2 Å². The molecule has 0 unspecified atom stereocenters. The van der Waals surface area contributed by atoms with Crippen molar-refractivity contribution in [2.45, 2.75) is 12.6 Å². The molecule has 0 fully saturated rings. The van der Waals surface area contributed by atoms with Crippen LogP contribution in [0.2, 0.25) is 0 Å². The van der Waals surface area contributed by atoms with E-state index in [0.29, 0.717) is 0 Å². The molecule has 0 aromatic heterocycles. The number of rotatable bonds is 6. The molecular formula is C8H14F3NO3. The van der Waals surface area contributed by atoms with Crippen molar-refractivity contribution in [2.24, 2.45) is 0 Å². The summed E-state index contributed by atoms with van der Waals surface area (Å²) in [6.07, 6.45) is -6.02. The molecule has 7 heteroatoms. The summed E-state index contributed by atoms with van der Waals surface area (Å²) >= 11 is 0. The summed E-state index contributed by atoms with van der Waals surface area (Å²) in [4.78, 5) is 12.0. The average Bonchev–Trinajstić information content (AvgIpc) is 2.09. The Morgan fingerprint density at radius 2 is 2.00 bits per heavy atom. The zero-order valence-electron chi connectivity index (χ0n) is 8.38. The molecule has 0 heterocycles. The quantitative estimate of drug-likeness (QED) is 0.717. The summed E-state index contributed by atoms with van der Waals surface area (Å²) in [6.45, 7) is -0.291. The molecule has 1 amide bonds. The van der Waals surface area contributed by atoms with Gasteiger partial charge in [-0.25, -0.2) is 0 Å². The Bertz CT molecular complexity index is 196. The zero-order chi connectivity index (χ0) is 11.9. The van der Waals surface area contributed by atoms with Gasteiger partial charge in [-0.15, -0.1) is 0 Å². The van der Waals surface area contributed by atoms with Gasteiger partial charge in [0, 0.05) is 20.2 Å². The van der Waals surface area contributed by atoms with Crippen LogP contribution in [-0.2, 0) is 9.53 Å². The summed E-state index contributed by atoms with van der Waals surface area (Å²) in [7, 11) is 1.38. The van der Waals surface area contributed by atoms with Crippen molar-refractivity contribution >= 4 is 5.91 Å². The van der Waals surface area contributed by atoms with Crippen LogP contribution in [0.5, 0.6) is 0 Å². The number of ether oxygens (including phenoxy) is 1. The lowest BCUT2D eigenvalue weighted by Gasteiger charge is -2.21. The Morgan fingerprint density at radius 3 is 2.40 bits per heavy atom. The molecule has 0 atom stereocenters. The largest absolute Gasteiger partial charge is 0.397 e. The summed E-state index contributed by atoms with van der Waals surface area (Å²) < 4.78 is 40.3. The van der Waals surface area contributed by atoms with Crippen LogP contribution in [0.25, 0.3) is 0 Å². The van der Waals surface area contributed by atoms with Gasteiger partial charge >= 0.3 is 6.18 Å². The molecular weight excluding hydrogens is 215 g/mol. The maximum atomic E-state index is 11.9. The first-order chi connectivity index (χ1) is 6.90. The van der Waals surface area contributed by atoms with E-state index >= 15 is 0 Å². The number of nitrogens with zero attached hydrogens (tertiary/aromatic N) is 1. The first-order valence-electron chi connectivity index (χ1n) is 4.35. The van der Waals surface area contributed by atoms with E-state index in [9.17, 15) is 18.0 Å². The van der Waals surface area contributed by atoms with Crippen LogP contribution in [0, 0.1) is 0 Å². The van der Waals surface area contributed by atoms with Gasteiger partial charge in [0.25, 0.3) is 0 Å². The van der Waals surface area contributed by atoms with Crippen molar-refractivity contribution < 1.29 is 27.8 Å². The summed E-state index contributed by atoms with van der Waals surface area (Å²) in [6, 6.07) is 0. The van der Waals surface area contributed by atoms with Crippen molar-refractivity contribution in [1.29, 1.82) is 0 Å². The fourth-order valence-corrected chi connectivity index (χ4v) is 0.967. The number of hydrogen-bond donors (Lipinski definition) is 1. The van der Waals surface area contributed by atoms with Crippen molar-refractivity contribution in [3.05, 3.63) is 0 Å². The predicted molar refractivity (Wildman–Crippen MR) is 46.2 cm³/mol. The van der Waals surface area contributed by atoms with Gasteiger partial charge in [0.1, 0.15) is 6.42 Å². The van der Waals surface area contributed by atoms with E-state index in [2.05, 4.69) is 4.74 Å². The van der Waals surface area contributed by atoms with Crippen LogP contribution in [0.1, 0.15) is 6.42 Å². The van der Waals surface area contributed by atoms with Crippen LogP contribution < -0.4 is 0 Å². The molecule has 15 heavy (non-hydrogen) atoms. The number of amides is 1. The minimum atomic E-state index is -4.52. The molecule has 4 nitrogen and oxygen atoms in total. The maximum absolute atomic E-state index is 11.9. The molecule has 0 saturated carbocycles. The normalized spacial score (nSPS) is 11.5. The smallest absolute Gasteiger partial charge is 0.395 e. The van der Waals surface area contributed by atoms with Crippen molar-refractivity contribution in [3.63, 3.8) is 0 Å². The topological polar surface area (TPSA) is 49.8 Å². The van der Waals surface area contributed by atoms with Crippen LogP contribution in [0.4, 0.5) is 13.2 Å². The highest BCUT2D eigenvalue weighted by molar-refractivity contribution is 5.76. The molecule has 0 radical (unpaired) electrons. The standard InChI is InChI=1S/C8H14F3NO3/c1-15-5-3-12(2-4-13)7(14)6-8(9,10)11/h13H,2-6H2,1H3. The van der Waals surface area contributed by atoms with Crippen molar-refractivity contribution in [3.8, 4) is 0 Å². The zero-order valence-corrected chi connectivity index (χ0v) is 8.38. The summed E-state index contributed by atoms with van der Waals surface area (Å²) in [5, 5.41) is 8.57. The fraction of sp³-hybridized carbons (Fsp3) is 0.875. The number of methoxy groups -OCH3 is 1. The van der Waals surface area contributed by atoms with Gasteiger partial charge in [0.2, 0.25) is 5.91 Å². The van der Waals surface area contributed by atoms with Crippen molar-refractivity contribution in [1.82, 2.24) is 4.90 Å². The van der Waals surface area contributed by atoms with E-state index in [4.69, 9.17) is 5.11 Å². The van der Waals surface area contributed by atoms with E-state index in [1.807, 2.05) is 0 Å². The highest BCUT2D eigenvalue weighted by Gasteiger charge is 2.33. The highest BCUT2D eigenvalue weighted by Crippen LogP contribution is 2.20. The summed E-state index contributed by atoms with van der Waals surface area (Å²) in [5.41, 5.74) is 0. The van der Waals surface area contributed by atoms with Crippen LogP contribution in [0.3, 0.4) is 0 Å². The van der Waals surface area contributed by atoms with Crippen LogP contribution >= 0.6 is 0 Å². The SMILES string of the molecule is COCCN(CCO)C(=O)CC(F)(F)F. The Hall–Kier alpha value is -0.820. The van der Waals surface area contributed by atoms with Gasteiger partial charge < -0.3 is 14.7 Å². The molecule has 0 aliphatic carbocycles. The number of hydrogen-bond acceptors (Lipinski definition) is 3. The molecule has 0 saturated heterocycles. The molecule has 0 aromatic carbocycles. The summed E-state index contributed by atoms with van der Waals surface area (Å²) in [5.74, 6) is -1.05. The molecule has 0 bridgehead atoms. The van der Waals surface area contributed by atoms with Crippen LogP contribution in [0.15, 0.2) is 0 Å². The fourth-order valence-electron chi connectivity index (χ4n) is 0.967. The van der Waals surface area contributed by atoms with E-state index in [-0.39, 0.29) is 26.3 Å². The molecule has 0 aliphatic rings. The van der Waals surface area contributed by atoms with Gasteiger partial charge in [-0.05, 0) is 0 Å². The third kappa shape index (κ3) is 7.15. The third-order valence-electron chi connectivity index (χ3n) is 1.64. The first kappa shape index (κ1) is 14.2. The Morgan fingerprint density at radius 1 is 1.40 bits per heavy atom. The van der Waals surface area contributed by atoms with Gasteiger partial charge in [0.15, 0.2) is 0 Å². The molecule has 90 valence electrons. The number of aliphatic hydroxyl groups excluding tert-OH is 1. The predicted octanol–water partition coefficient (Wildman–Crippen LogP) is 0.406. The first-order valence-corrected chi connectivity index (χ1v) is 4.35. The average molecular weight is 229 g/mol. The minimum absolute atomic E-state index is 0.0476. The van der Waals surface area contributed by atoms with Gasteiger partial charge in [-0.2, -0.15) is 13.2 Å². The number of alkyl halides is 3. The molecule has 0 aliphatic heterocycles. The van der Waals surface area contributed by atoms with E-state index in [1.165, 1.54) is 7.11 Å². The highest BCUT2D eigenvalue weighted by atomic mass is 19.4. The number of carbonyl (C=O) groups excluding carboxylic acids is 1. The lowest BCUT2D eigenvalue weighted by Crippen LogP contribution is -2.38. The monoisotopic (exact) mass is 229 g/mol. The van der Waals surface area contributed by atoms with E-state index in [1.54, 1.807) is 0 Å². The van der Waals surface area contributed by atoms with E-state index in [0.717, 1.165) is 4.90 Å². The second kappa shape index (κ2) is 6.62. The number of aliphatic hydroxyl groups is 1. The molecule has 1 N–H and O–H groups in total. The van der Waals surface area contributed by atoms with Crippen molar-refractivity contribution in [2.75, 3.05) is 33.4 Å². The lowest BCUT2D eigenvalue weighted by atomic mass is 10.3. The maximum Gasteiger partial charge on any atom is 0.397 e. The molecule has 0 rings (SSSR count). The van der Waals surface area contributed by atoms with E-state index < -0.39 is 18.5 Å². The number of carbonyl (C=O) groups is 1. The third-order valence-corrected chi connectivity index (χ3v) is 1.64. The Labute approximate surface area is 85.6 Å².